The average Bonchev–Trinajstić information content (AvgIpc) is 2.95. The van der Waals surface area contributed by atoms with Gasteiger partial charge in [0.15, 0.2) is 0 Å². The summed E-state index contributed by atoms with van der Waals surface area (Å²) in [5.74, 6) is 1.72. The van der Waals surface area contributed by atoms with E-state index in [9.17, 15) is 4.79 Å². The van der Waals surface area contributed by atoms with E-state index >= 15 is 0 Å². The topological polar surface area (TPSA) is 48.0 Å². The Bertz CT molecular complexity index is 1260. The van der Waals surface area contributed by atoms with Gasteiger partial charge in [0.2, 0.25) is 0 Å². The largest absolute Gasteiger partial charge is 0.492 e. The van der Waals surface area contributed by atoms with Gasteiger partial charge < -0.3 is 14.2 Å². The van der Waals surface area contributed by atoms with Crippen LogP contribution < -0.4 is 14.2 Å². The van der Waals surface area contributed by atoms with Crippen LogP contribution in [0.5, 0.6) is 17.2 Å². The number of benzene rings is 3. The minimum absolute atomic E-state index is 0.191. The minimum Gasteiger partial charge on any atom is -0.492 e. The number of carbonyl (C=O) groups is 1. The number of nitrogens with zero attached hydrogens (tertiary/aromatic N) is 1. The Hall–Kier alpha value is -3.57. The van der Waals surface area contributed by atoms with Crippen LogP contribution in [0.3, 0.4) is 0 Å². The summed E-state index contributed by atoms with van der Waals surface area (Å²) in [6.45, 7) is 8.20. The lowest BCUT2D eigenvalue weighted by Gasteiger charge is -2.26. The molecule has 0 atom stereocenters. The number of carbonyl (C=O) groups excluding carboxylic acids is 1. The van der Waals surface area contributed by atoms with E-state index in [2.05, 4.69) is 53.4 Å². The van der Waals surface area contributed by atoms with Gasteiger partial charge in [0.1, 0.15) is 30.5 Å². The molecule has 5 heteroatoms. The number of allylic oxidation sites excluding steroid dienone is 1. The lowest BCUT2D eigenvalue weighted by atomic mass is 9.88. The Morgan fingerprint density at radius 3 is 2.39 bits per heavy atom. The Kier molecular flexibility index (Phi) is 8.44. The number of hydrogen-bond acceptors (Lipinski definition) is 5. The third-order valence-electron chi connectivity index (χ3n) is 7.26. The zero-order chi connectivity index (χ0) is 26.3. The molecule has 0 radical (unpaired) electrons. The summed E-state index contributed by atoms with van der Waals surface area (Å²) in [6, 6.07) is 24.5. The average molecular weight is 512 g/mol. The van der Waals surface area contributed by atoms with Crippen molar-refractivity contribution in [2.75, 3.05) is 32.8 Å². The van der Waals surface area contributed by atoms with Gasteiger partial charge in [0, 0.05) is 23.7 Å². The van der Waals surface area contributed by atoms with Gasteiger partial charge in [-0.25, -0.2) is 0 Å². The van der Waals surface area contributed by atoms with Crippen LogP contribution in [0.2, 0.25) is 0 Å². The van der Waals surface area contributed by atoms with Gasteiger partial charge in [-0.1, -0.05) is 62.7 Å². The first-order valence-corrected chi connectivity index (χ1v) is 13.8. The van der Waals surface area contributed by atoms with Gasteiger partial charge in [-0.05, 0) is 73.3 Å². The van der Waals surface area contributed by atoms with Gasteiger partial charge in [0.05, 0.1) is 5.92 Å². The maximum absolute atomic E-state index is 12.1. The van der Waals surface area contributed by atoms with Crippen LogP contribution in [-0.4, -0.2) is 43.7 Å². The van der Waals surface area contributed by atoms with Gasteiger partial charge >= 0.3 is 5.97 Å². The molecule has 5 nitrogen and oxygen atoms in total. The monoisotopic (exact) mass is 511 g/mol. The maximum atomic E-state index is 12.1. The van der Waals surface area contributed by atoms with Crippen molar-refractivity contribution in [3.05, 3.63) is 89.5 Å². The molecule has 2 aliphatic heterocycles. The molecule has 0 saturated carbocycles. The highest BCUT2D eigenvalue weighted by Crippen LogP contribution is 2.41. The lowest BCUT2D eigenvalue weighted by molar-refractivity contribution is -0.137. The van der Waals surface area contributed by atoms with Crippen molar-refractivity contribution in [1.29, 1.82) is 0 Å². The van der Waals surface area contributed by atoms with Crippen LogP contribution in [0, 0.1) is 5.92 Å². The Morgan fingerprint density at radius 1 is 0.921 bits per heavy atom. The first-order valence-electron chi connectivity index (χ1n) is 13.8. The molecule has 0 amide bonds. The second-order valence-corrected chi connectivity index (χ2v) is 10.4. The fourth-order valence-corrected chi connectivity index (χ4v) is 5.05. The minimum atomic E-state index is -0.250. The summed E-state index contributed by atoms with van der Waals surface area (Å²) >= 11 is 0. The quantitative estimate of drug-likeness (QED) is 0.238. The van der Waals surface area contributed by atoms with E-state index < -0.39 is 0 Å². The predicted molar refractivity (Wildman–Crippen MR) is 152 cm³/mol. The van der Waals surface area contributed by atoms with Gasteiger partial charge in [-0.3, -0.25) is 9.69 Å². The van der Waals surface area contributed by atoms with Crippen molar-refractivity contribution in [2.45, 2.75) is 39.5 Å². The smallest absolute Gasteiger partial charge is 0.313 e. The number of piperidine rings is 1. The number of hydrogen-bond donors (Lipinski definition) is 0. The van der Waals surface area contributed by atoms with Gasteiger partial charge in [-0.2, -0.15) is 0 Å². The summed E-state index contributed by atoms with van der Waals surface area (Å²) in [4.78, 5) is 14.6. The molecule has 3 aromatic rings. The Balaban J connectivity index is 1.34. The Morgan fingerprint density at radius 2 is 1.66 bits per heavy atom. The molecule has 0 aliphatic carbocycles. The van der Waals surface area contributed by atoms with Crippen LogP contribution in [0.15, 0.2) is 72.8 Å². The molecule has 2 aliphatic rings. The molecule has 0 bridgehead atoms. The Labute approximate surface area is 226 Å². The van der Waals surface area contributed by atoms with Crippen LogP contribution in [0.1, 0.15) is 49.8 Å². The van der Waals surface area contributed by atoms with Crippen LogP contribution >= 0.6 is 0 Å². The summed E-state index contributed by atoms with van der Waals surface area (Å²) in [5.41, 5.74) is 5.78. The fraction of sp³-hybridized carbons (Fsp3) is 0.364. The molecule has 0 unspecified atom stereocenters. The van der Waals surface area contributed by atoms with E-state index in [0.29, 0.717) is 12.4 Å². The van der Waals surface area contributed by atoms with E-state index in [0.717, 1.165) is 42.2 Å². The summed E-state index contributed by atoms with van der Waals surface area (Å²) in [6.07, 6.45) is 4.71. The van der Waals surface area contributed by atoms with E-state index in [4.69, 9.17) is 14.2 Å². The summed E-state index contributed by atoms with van der Waals surface area (Å²) < 4.78 is 17.8. The standard InChI is InChI=1S/C33H37NO4/c1-24(2)33(35)38-28-15-16-29-30(31(23-37-32(29)22-28)26-9-5-3-6-10-26)21-25-11-13-27(14-12-25)36-20-19-34-17-7-4-8-18-34/h3,5-6,9-16,22,24H,4,7-8,17-21,23H2,1-2H3. The van der Waals surface area contributed by atoms with Gasteiger partial charge in [-0.15, -0.1) is 0 Å². The molecule has 198 valence electrons. The molecule has 0 spiro atoms. The number of ether oxygens (including phenoxy) is 3. The van der Waals surface area contributed by atoms with Crippen molar-refractivity contribution >= 4 is 17.1 Å². The lowest BCUT2D eigenvalue weighted by Crippen LogP contribution is -2.33. The highest BCUT2D eigenvalue weighted by atomic mass is 16.5. The molecule has 38 heavy (non-hydrogen) atoms. The number of rotatable bonds is 9. The van der Waals surface area contributed by atoms with E-state index in [1.54, 1.807) is 0 Å². The summed E-state index contributed by atoms with van der Waals surface area (Å²) in [5, 5.41) is 0. The zero-order valence-corrected chi connectivity index (χ0v) is 22.4. The molecule has 5 rings (SSSR count). The molecular weight excluding hydrogens is 474 g/mol. The van der Waals surface area contributed by atoms with Crippen molar-refractivity contribution in [3.63, 3.8) is 0 Å². The highest BCUT2D eigenvalue weighted by Gasteiger charge is 2.23. The fourth-order valence-electron chi connectivity index (χ4n) is 5.05. The van der Waals surface area contributed by atoms with Crippen molar-refractivity contribution in [3.8, 4) is 17.2 Å². The molecule has 1 fully saturated rings. The van der Waals surface area contributed by atoms with Gasteiger partial charge in [0.25, 0.3) is 0 Å². The number of fused-ring (bicyclic) bond motifs is 1. The van der Waals surface area contributed by atoms with Crippen molar-refractivity contribution in [1.82, 2.24) is 4.90 Å². The predicted octanol–water partition coefficient (Wildman–Crippen LogP) is 6.66. The van der Waals surface area contributed by atoms with Crippen LogP contribution in [0.25, 0.3) is 11.1 Å². The first-order chi connectivity index (χ1) is 18.6. The van der Waals surface area contributed by atoms with Crippen molar-refractivity contribution < 1.29 is 19.0 Å². The van der Waals surface area contributed by atoms with Crippen molar-refractivity contribution in [2.24, 2.45) is 5.92 Å². The molecule has 0 N–H and O–H groups in total. The van der Waals surface area contributed by atoms with Crippen LogP contribution in [0.4, 0.5) is 0 Å². The third kappa shape index (κ3) is 6.46. The van der Waals surface area contributed by atoms with E-state index in [-0.39, 0.29) is 11.9 Å². The molecule has 2 heterocycles. The third-order valence-corrected chi connectivity index (χ3v) is 7.26. The molecule has 3 aromatic carbocycles. The van der Waals surface area contributed by atoms with Crippen LogP contribution in [-0.2, 0) is 11.2 Å². The van der Waals surface area contributed by atoms with E-state index in [1.165, 1.54) is 49.1 Å². The normalized spacial score (nSPS) is 15.7. The zero-order valence-electron chi connectivity index (χ0n) is 22.4. The maximum Gasteiger partial charge on any atom is 0.313 e. The summed E-state index contributed by atoms with van der Waals surface area (Å²) in [7, 11) is 0. The van der Waals surface area contributed by atoms with E-state index in [1.807, 2.05) is 38.1 Å². The molecule has 0 aromatic heterocycles. The number of esters is 1. The molecular formula is C33H37NO4. The number of likely N-dealkylation sites (tertiary alicyclic amines) is 1. The second kappa shape index (κ2) is 12.3. The SMILES string of the molecule is CC(C)C(=O)Oc1ccc2c(c1)OCC(c1ccccc1)=C2Cc1ccc(OCCN2CCCCC2)cc1. The highest BCUT2D eigenvalue weighted by molar-refractivity contribution is 5.95. The molecule has 1 saturated heterocycles. The second-order valence-electron chi connectivity index (χ2n) is 10.4. The first kappa shape index (κ1) is 26.1.